The van der Waals surface area contributed by atoms with Crippen molar-refractivity contribution in [2.75, 3.05) is 7.11 Å². The Hall–Kier alpha value is -2.09. The predicted octanol–water partition coefficient (Wildman–Crippen LogP) is 4.35. The number of ketones is 1. The summed E-state index contributed by atoms with van der Waals surface area (Å²) in [7, 11) is 1.62. The van der Waals surface area contributed by atoms with Crippen molar-refractivity contribution in [3.63, 3.8) is 0 Å². The van der Waals surface area contributed by atoms with E-state index in [-0.39, 0.29) is 5.78 Å². The summed E-state index contributed by atoms with van der Waals surface area (Å²) >= 11 is 0. The second-order valence-electron chi connectivity index (χ2n) is 5.62. The molecule has 2 heteroatoms. The molecule has 2 rings (SSSR count). The highest BCUT2D eigenvalue weighted by Gasteiger charge is 2.16. The topological polar surface area (TPSA) is 26.3 Å². The molecule has 0 amide bonds. The number of aryl methyl sites for hydroxylation is 3. The van der Waals surface area contributed by atoms with Gasteiger partial charge in [-0.25, -0.2) is 0 Å². The molecule has 0 spiro atoms. The summed E-state index contributed by atoms with van der Waals surface area (Å²) in [6.07, 6.45) is 0.409. The quantitative estimate of drug-likeness (QED) is 0.779. The fourth-order valence-corrected chi connectivity index (χ4v) is 2.53. The zero-order valence-corrected chi connectivity index (χ0v) is 13.4. The summed E-state index contributed by atoms with van der Waals surface area (Å²) in [5, 5.41) is 0. The van der Waals surface area contributed by atoms with Crippen LogP contribution in [0.5, 0.6) is 5.75 Å². The zero-order valence-electron chi connectivity index (χ0n) is 13.4. The van der Waals surface area contributed by atoms with Crippen molar-refractivity contribution in [1.29, 1.82) is 0 Å². The van der Waals surface area contributed by atoms with Crippen molar-refractivity contribution in [3.8, 4) is 5.75 Å². The van der Waals surface area contributed by atoms with E-state index in [1.54, 1.807) is 7.11 Å². The van der Waals surface area contributed by atoms with Gasteiger partial charge in [-0.2, -0.15) is 0 Å². The SMILES string of the molecule is COc1c(C(=O)Cc2cc(C)ccc2C)ccc(C)c1C. The first kappa shape index (κ1) is 15.3. The first-order chi connectivity index (χ1) is 9.93. The van der Waals surface area contributed by atoms with Gasteiger partial charge < -0.3 is 4.74 Å². The molecule has 0 atom stereocenters. The normalized spacial score (nSPS) is 10.5. The highest BCUT2D eigenvalue weighted by Crippen LogP contribution is 2.27. The third-order valence-corrected chi connectivity index (χ3v) is 4.04. The second kappa shape index (κ2) is 6.13. The van der Waals surface area contributed by atoms with E-state index in [1.807, 2.05) is 39.8 Å². The zero-order chi connectivity index (χ0) is 15.6. The summed E-state index contributed by atoms with van der Waals surface area (Å²) < 4.78 is 5.45. The number of ether oxygens (including phenoxy) is 1. The highest BCUT2D eigenvalue weighted by atomic mass is 16.5. The van der Waals surface area contributed by atoms with Crippen LogP contribution in [0, 0.1) is 27.7 Å². The van der Waals surface area contributed by atoms with Gasteiger partial charge in [-0.15, -0.1) is 0 Å². The van der Waals surface area contributed by atoms with Crippen molar-refractivity contribution in [3.05, 3.63) is 63.7 Å². The maximum absolute atomic E-state index is 12.6. The van der Waals surface area contributed by atoms with E-state index < -0.39 is 0 Å². The van der Waals surface area contributed by atoms with E-state index in [1.165, 1.54) is 5.56 Å². The third-order valence-electron chi connectivity index (χ3n) is 4.04. The summed E-state index contributed by atoms with van der Waals surface area (Å²) in [4.78, 5) is 12.6. The van der Waals surface area contributed by atoms with E-state index in [4.69, 9.17) is 4.74 Å². The Kier molecular flexibility index (Phi) is 4.46. The van der Waals surface area contributed by atoms with Crippen molar-refractivity contribution < 1.29 is 9.53 Å². The highest BCUT2D eigenvalue weighted by molar-refractivity contribution is 6.00. The molecule has 0 aliphatic rings. The predicted molar refractivity (Wildman–Crippen MR) is 86.4 cm³/mol. The molecule has 0 fully saturated rings. The van der Waals surface area contributed by atoms with Gasteiger partial charge in [-0.3, -0.25) is 4.79 Å². The molecular formula is C19H22O2. The van der Waals surface area contributed by atoms with E-state index in [2.05, 4.69) is 18.2 Å². The Morgan fingerprint density at radius 1 is 1.00 bits per heavy atom. The Morgan fingerprint density at radius 3 is 2.33 bits per heavy atom. The van der Waals surface area contributed by atoms with E-state index in [0.717, 1.165) is 22.3 Å². The lowest BCUT2D eigenvalue weighted by Gasteiger charge is -2.13. The summed E-state index contributed by atoms with van der Waals surface area (Å²) in [6, 6.07) is 10.1. The van der Waals surface area contributed by atoms with Crippen LogP contribution in [0.15, 0.2) is 30.3 Å². The molecule has 0 radical (unpaired) electrons. The molecule has 0 saturated heterocycles. The van der Waals surface area contributed by atoms with Gasteiger partial charge in [0, 0.05) is 6.42 Å². The minimum absolute atomic E-state index is 0.101. The fourth-order valence-electron chi connectivity index (χ4n) is 2.53. The third kappa shape index (κ3) is 3.15. The number of hydrogen-bond donors (Lipinski definition) is 0. The molecule has 0 aliphatic heterocycles. The van der Waals surface area contributed by atoms with Crippen molar-refractivity contribution in [2.45, 2.75) is 34.1 Å². The van der Waals surface area contributed by atoms with E-state index >= 15 is 0 Å². The van der Waals surface area contributed by atoms with Gasteiger partial charge in [0.2, 0.25) is 0 Å². The number of Topliss-reactive ketones (excluding diaryl/α,β-unsaturated/α-hetero) is 1. The molecule has 0 aliphatic carbocycles. The fraction of sp³-hybridized carbons (Fsp3) is 0.316. The standard InChI is InChI=1S/C19H22O2/c1-12-6-7-14(3)16(10-12)11-18(20)17-9-8-13(2)15(4)19(17)21-5/h6-10H,11H2,1-5H3. The van der Waals surface area contributed by atoms with Gasteiger partial charge >= 0.3 is 0 Å². The first-order valence-electron chi connectivity index (χ1n) is 7.17. The van der Waals surface area contributed by atoms with Crippen LogP contribution in [0.3, 0.4) is 0 Å². The van der Waals surface area contributed by atoms with Crippen molar-refractivity contribution in [1.82, 2.24) is 0 Å². The molecule has 2 aromatic carbocycles. The number of benzene rings is 2. The van der Waals surface area contributed by atoms with Gasteiger partial charge in [0.1, 0.15) is 5.75 Å². The van der Waals surface area contributed by atoms with Crippen LogP contribution in [-0.2, 0) is 6.42 Å². The molecule has 0 unspecified atom stereocenters. The maximum Gasteiger partial charge on any atom is 0.170 e. The van der Waals surface area contributed by atoms with Gasteiger partial charge in [-0.1, -0.05) is 29.8 Å². The Bertz CT molecular complexity index is 684. The van der Waals surface area contributed by atoms with Crippen molar-refractivity contribution in [2.24, 2.45) is 0 Å². The smallest absolute Gasteiger partial charge is 0.170 e. The maximum atomic E-state index is 12.6. The summed E-state index contributed by atoms with van der Waals surface area (Å²) in [6.45, 7) is 8.10. The van der Waals surface area contributed by atoms with Crippen LogP contribution in [0.2, 0.25) is 0 Å². The molecule has 0 saturated carbocycles. The van der Waals surface area contributed by atoms with Crippen LogP contribution >= 0.6 is 0 Å². The van der Waals surface area contributed by atoms with Gasteiger partial charge in [0.25, 0.3) is 0 Å². The molecule has 0 aromatic heterocycles. The number of carbonyl (C=O) groups excluding carboxylic acids is 1. The van der Waals surface area contributed by atoms with Gasteiger partial charge in [0.15, 0.2) is 5.78 Å². The molecule has 2 nitrogen and oxygen atoms in total. The number of methoxy groups -OCH3 is 1. The molecule has 0 bridgehead atoms. The molecule has 0 heterocycles. The molecular weight excluding hydrogens is 260 g/mol. The number of carbonyl (C=O) groups is 1. The lowest BCUT2D eigenvalue weighted by molar-refractivity contribution is 0.0989. The van der Waals surface area contributed by atoms with Gasteiger partial charge in [0.05, 0.1) is 12.7 Å². The number of rotatable bonds is 4. The Balaban J connectivity index is 2.37. The van der Waals surface area contributed by atoms with E-state index in [0.29, 0.717) is 17.7 Å². The monoisotopic (exact) mass is 282 g/mol. The van der Waals surface area contributed by atoms with Crippen LogP contribution in [-0.4, -0.2) is 12.9 Å². The summed E-state index contributed by atoms with van der Waals surface area (Å²) in [5.41, 5.74) is 6.24. The number of hydrogen-bond acceptors (Lipinski definition) is 2. The molecule has 110 valence electrons. The van der Waals surface area contributed by atoms with Crippen LogP contribution in [0.25, 0.3) is 0 Å². The lowest BCUT2D eigenvalue weighted by atomic mass is 9.95. The molecule has 2 aromatic rings. The lowest BCUT2D eigenvalue weighted by Crippen LogP contribution is -2.08. The molecule has 21 heavy (non-hydrogen) atoms. The summed E-state index contributed by atoms with van der Waals surface area (Å²) in [5.74, 6) is 0.800. The average molecular weight is 282 g/mol. The van der Waals surface area contributed by atoms with Crippen LogP contribution in [0.1, 0.15) is 38.2 Å². The Labute approximate surface area is 126 Å². The minimum atomic E-state index is 0.101. The molecule has 0 N–H and O–H groups in total. The van der Waals surface area contributed by atoms with Gasteiger partial charge in [-0.05, 0) is 56.0 Å². The largest absolute Gasteiger partial charge is 0.496 e. The average Bonchev–Trinajstić information content (AvgIpc) is 2.45. The Morgan fingerprint density at radius 2 is 1.67 bits per heavy atom. The minimum Gasteiger partial charge on any atom is -0.496 e. The van der Waals surface area contributed by atoms with E-state index in [9.17, 15) is 4.79 Å². The van der Waals surface area contributed by atoms with Crippen LogP contribution < -0.4 is 4.74 Å². The second-order valence-corrected chi connectivity index (χ2v) is 5.62. The van der Waals surface area contributed by atoms with Crippen molar-refractivity contribution >= 4 is 5.78 Å². The van der Waals surface area contributed by atoms with Crippen LogP contribution in [0.4, 0.5) is 0 Å². The first-order valence-corrected chi connectivity index (χ1v) is 7.17.